The Bertz CT molecular complexity index is 515. The fourth-order valence-corrected chi connectivity index (χ4v) is 1.70. The van der Waals surface area contributed by atoms with Gasteiger partial charge in [-0.05, 0) is 6.92 Å². The lowest BCUT2D eigenvalue weighted by Gasteiger charge is -2.23. The second-order valence-electron chi connectivity index (χ2n) is 4.04. The van der Waals surface area contributed by atoms with Crippen LogP contribution in [0.4, 0.5) is 5.82 Å². The lowest BCUT2D eigenvalue weighted by atomic mass is 10.2. The molecule has 0 aromatic carbocycles. The summed E-state index contributed by atoms with van der Waals surface area (Å²) in [6.07, 6.45) is 5.81. The Balaban J connectivity index is 1.99. The van der Waals surface area contributed by atoms with E-state index in [4.69, 9.17) is 4.74 Å². The van der Waals surface area contributed by atoms with Gasteiger partial charge in [-0.25, -0.2) is 4.98 Å². The highest BCUT2D eigenvalue weighted by Crippen LogP contribution is 2.15. The van der Waals surface area contributed by atoms with Gasteiger partial charge in [0, 0.05) is 18.5 Å². The third kappa shape index (κ3) is 2.87. The number of aromatic nitrogens is 2. The summed E-state index contributed by atoms with van der Waals surface area (Å²) in [5, 5.41) is 2.60. The monoisotopic (exact) mass is 262 g/mol. The van der Waals surface area contributed by atoms with Crippen molar-refractivity contribution in [2.75, 3.05) is 19.0 Å². The number of anilines is 1. The van der Waals surface area contributed by atoms with Gasteiger partial charge in [-0.1, -0.05) is 0 Å². The average Bonchev–Trinajstić information content (AvgIpc) is 2.80. The Morgan fingerprint density at radius 2 is 2.32 bits per heavy atom. The Labute approximate surface area is 110 Å². The van der Waals surface area contributed by atoms with Crippen LogP contribution in [0.25, 0.3) is 0 Å². The summed E-state index contributed by atoms with van der Waals surface area (Å²) in [5.41, 5.74) is 0. The van der Waals surface area contributed by atoms with Crippen LogP contribution in [0, 0.1) is 0 Å². The number of carbonyl (C=O) groups excluding carboxylic acids is 2. The molecule has 1 aromatic heterocycles. The molecule has 2 amide bonds. The number of nitrogens with zero attached hydrogens (tertiary/aromatic N) is 3. The maximum absolute atomic E-state index is 12.0. The molecule has 0 radical (unpaired) electrons. The highest BCUT2D eigenvalue weighted by atomic mass is 16.5. The van der Waals surface area contributed by atoms with Crippen LogP contribution in [-0.2, 0) is 14.3 Å². The molecule has 1 aliphatic rings. The SMILES string of the molecule is COC1=CC(=O)N(C(C)C(=O)Nc2cnccn2)C1. The molecule has 0 spiro atoms. The van der Waals surface area contributed by atoms with Gasteiger partial charge in [-0.2, -0.15) is 0 Å². The van der Waals surface area contributed by atoms with Gasteiger partial charge in [-0.3, -0.25) is 14.6 Å². The zero-order valence-electron chi connectivity index (χ0n) is 10.7. The third-order valence-corrected chi connectivity index (χ3v) is 2.82. The van der Waals surface area contributed by atoms with Gasteiger partial charge in [0.1, 0.15) is 11.8 Å². The van der Waals surface area contributed by atoms with Crippen LogP contribution >= 0.6 is 0 Å². The zero-order valence-corrected chi connectivity index (χ0v) is 10.7. The first-order chi connectivity index (χ1) is 9.11. The van der Waals surface area contributed by atoms with Crippen LogP contribution in [0.5, 0.6) is 0 Å². The second kappa shape index (κ2) is 5.47. The van der Waals surface area contributed by atoms with Crippen molar-refractivity contribution in [1.29, 1.82) is 0 Å². The van der Waals surface area contributed by atoms with Crippen molar-refractivity contribution >= 4 is 17.6 Å². The van der Waals surface area contributed by atoms with Crippen molar-refractivity contribution in [2.24, 2.45) is 0 Å². The normalized spacial score (nSPS) is 16.0. The summed E-state index contributed by atoms with van der Waals surface area (Å²) in [6.45, 7) is 1.94. The Kier molecular flexibility index (Phi) is 3.74. The third-order valence-electron chi connectivity index (χ3n) is 2.82. The van der Waals surface area contributed by atoms with Crippen molar-refractivity contribution in [3.05, 3.63) is 30.4 Å². The molecule has 1 aromatic rings. The van der Waals surface area contributed by atoms with Gasteiger partial charge in [0.05, 0.1) is 19.9 Å². The molecular weight excluding hydrogens is 248 g/mol. The topological polar surface area (TPSA) is 84.4 Å². The van der Waals surface area contributed by atoms with Crippen LogP contribution in [0.15, 0.2) is 30.4 Å². The van der Waals surface area contributed by atoms with Crippen molar-refractivity contribution in [1.82, 2.24) is 14.9 Å². The molecule has 7 nitrogen and oxygen atoms in total. The highest BCUT2D eigenvalue weighted by Gasteiger charge is 2.30. The van der Waals surface area contributed by atoms with Gasteiger partial charge in [0.25, 0.3) is 5.91 Å². The van der Waals surface area contributed by atoms with E-state index in [9.17, 15) is 9.59 Å². The second-order valence-corrected chi connectivity index (χ2v) is 4.04. The molecule has 1 N–H and O–H groups in total. The first-order valence-electron chi connectivity index (χ1n) is 5.74. The summed E-state index contributed by atoms with van der Waals surface area (Å²) >= 11 is 0. The van der Waals surface area contributed by atoms with Gasteiger partial charge < -0.3 is 15.0 Å². The molecule has 1 atom stereocenters. The van der Waals surface area contributed by atoms with Crippen LogP contribution in [0.1, 0.15) is 6.92 Å². The van der Waals surface area contributed by atoms with Crippen LogP contribution in [0.2, 0.25) is 0 Å². The van der Waals surface area contributed by atoms with Gasteiger partial charge >= 0.3 is 0 Å². The van der Waals surface area contributed by atoms with E-state index in [0.717, 1.165) is 0 Å². The minimum atomic E-state index is -0.613. The molecule has 7 heteroatoms. The summed E-state index contributed by atoms with van der Waals surface area (Å²) in [7, 11) is 1.49. The van der Waals surface area contributed by atoms with E-state index in [2.05, 4.69) is 15.3 Å². The van der Waals surface area contributed by atoms with Gasteiger partial charge in [0.2, 0.25) is 5.91 Å². The maximum Gasteiger partial charge on any atom is 0.251 e. The van der Waals surface area contributed by atoms with Crippen molar-refractivity contribution < 1.29 is 14.3 Å². The number of carbonyl (C=O) groups is 2. The average molecular weight is 262 g/mol. The molecule has 0 aliphatic carbocycles. The lowest BCUT2D eigenvalue weighted by Crippen LogP contribution is -2.43. The molecule has 19 heavy (non-hydrogen) atoms. The quantitative estimate of drug-likeness (QED) is 0.836. The predicted octanol–water partition coefficient (Wildman–Crippen LogP) is 0.176. The van der Waals surface area contributed by atoms with Gasteiger partial charge in [0.15, 0.2) is 5.82 Å². The van der Waals surface area contributed by atoms with Crippen LogP contribution in [0.3, 0.4) is 0 Å². The minimum Gasteiger partial charge on any atom is -0.499 e. The van der Waals surface area contributed by atoms with E-state index in [-0.39, 0.29) is 11.8 Å². The summed E-state index contributed by atoms with van der Waals surface area (Å²) in [5.74, 6) is 0.341. The number of rotatable bonds is 4. The molecule has 0 saturated heterocycles. The first-order valence-corrected chi connectivity index (χ1v) is 5.74. The molecule has 1 aliphatic heterocycles. The van der Waals surface area contributed by atoms with E-state index < -0.39 is 6.04 Å². The summed E-state index contributed by atoms with van der Waals surface area (Å²) in [4.78, 5) is 32.9. The van der Waals surface area contributed by atoms with E-state index in [1.54, 1.807) is 6.92 Å². The maximum atomic E-state index is 12.0. The van der Waals surface area contributed by atoms with Crippen LogP contribution in [-0.4, -0.2) is 46.4 Å². The summed E-state index contributed by atoms with van der Waals surface area (Å²) in [6, 6.07) is -0.613. The van der Waals surface area contributed by atoms with Gasteiger partial charge in [-0.15, -0.1) is 0 Å². The van der Waals surface area contributed by atoms with E-state index >= 15 is 0 Å². The Morgan fingerprint density at radius 3 is 2.89 bits per heavy atom. The predicted molar refractivity (Wildman–Crippen MR) is 66.9 cm³/mol. The molecule has 2 heterocycles. The molecule has 0 saturated carbocycles. The number of hydrogen-bond acceptors (Lipinski definition) is 5. The number of methoxy groups -OCH3 is 1. The van der Waals surface area contributed by atoms with E-state index in [1.165, 1.54) is 36.7 Å². The van der Waals surface area contributed by atoms with Crippen molar-refractivity contribution in [3.63, 3.8) is 0 Å². The van der Waals surface area contributed by atoms with E-state index in [0.29, 0.717) is 18.1 Å². The molecule has 0 bridgehead atoms. The molecule has 100 valence electrons. The molecule has 2 rings (SSSR count). The molecular formula is C12H14N4O3. The zero-order chi connectivity index (χ0) is 13.8. The lowest BCUT2D eigenvalue weighted by molar-refractivity contribution is -0.132. The number of ether oxygens (including phenoxy) is 1. The molecule has 0 fully saturated rings. The number of nitrogens with one attached hydrogen (secondary N) is 1. The highest BCUT2D eigenvalue weighted by molar-refractivity contribution is 5.99. The summed E-state index contributed by atoms with van der Waals surface area (Å²) < 4.78 is 5.00. The number of hydrogen-bond donors (Lipinski definition) is 1. The standard InChI is InChI=1S/C12H14N4O3/c1-8(16-7-9(19-2)5-11(16)17)12(18)15-10-6-13-3-4-14-10/h3-6,8H,7H2,1-2H3,(H,14,15,18). The first kappa shape index (κ1) is 13.0. The van der Waals surface area contributed by atoms with Crippen LogP contribution < -0.4 is 5.32 Å². The number of amides is 2. The Morgan fingerprint density at radius 1 is 1.53 bits per heavy atom. The fourth-order valence-electron chi connectivity index (χ4n) is 1.70. The smallest absolute Gasteiger partial charge is 0.251 e. The van der Waals surface area contributed by atoms with Crippen molar-refractivity contribution in [3.8, 4) is 0 Å². The minimum absolute atomic E-state index is 0.237. The Hall–Kier alpha value is -2.44. The largest absolute Gasteiger partial charge is 0.499 e. The van der Waals surface area contributed by atoms with Crippen molar-refractivity contribution in [2.45, 2.75) is 13.0 Å². The van der Waals surface area contributed by atoms with E-state index in [1.807, 2.05) is 0 Å². The molecule has 1 unspecified atom stereocenters. The fraction of sp³-hybridized carbons (Fsp3) is 0.333.